The number of hydrogen-bond acceptors (Lipinski definition) is 6. The van der Waals surface area contributed by atoms with Gasteiger partial charge in [-0.3, -0.25) is 0 Å². The third-order valence-electron chi connectivity index (χ3n) is 3.27. The lowest BCUT2D eigenvalue weighted by atomic mass is 10.4. The number of nitrogens with zero attached hydrogens (tertiary/aromatic N) is 7. The SMILES string of the molecule is CCCn1nncc1-c1nc(Cl)nc(N2CCCC2)n1. The highest BCUT2D eigenvalue weighted by Crippen LogP contribution is 2.21. The molecule has 0 aromatic carbocycles. The fourth-order valence-corrected chi connectivity index (χ4v) is 2.48. The van der Waals surface area contributed by atoms with Crippen LogP contribution in [0.3, 0.4) is 0 Å². The van der Waals surface area contributed by atoms with Crippen molar-refractivity contribution >= 4 is 17.5 Å². The third-order valence-corrected chi connectivity index (χ3v) is 3.44. The minimum Gasteiger partial charge on any atom is -0.341 e. The summed E-state index contributed by atoms with van der Waals surface area (Å²) in [4.78, 5) is 15.1. The largest absolute Gasteiger partial charge is 0.341 e. The molecule has 3 rings (SSSR count). The van der Waals surface area contributed by atoms with E-state index in [1.165, 1.54) is 0 Å². The third kappa shape index (κ3) is 2.58. The van der Waals surface area contributed by atoms with Gasteiger partial charge in [0.2, 0.25) is 11.2 Å². The minimum absolute atomic E-state index is 0.209. The standard InChI is InChI=1S/C12H16ClN7/c1-2-5-20-9(8-14-18-20)10-15-11(13)17-12(16-10)19-6-3-4-7-19/h8H,2-7H2,1H3. The minimum atomic E-state index is 0.209. The van der Waals surface area contributed by atoms with Gasteiger partial charge in [0.15, 0.2) is 5.82 Å². The van der Waals surface area contributed by atoms with Crippen LogP contribution in [0.1, 0.15) is 26.2 Å². The van der Waals surface area contributed by atoms with Crippen LogP contribution in [-0.4, -0.2) is 43.0 Å². The van der Waals surface area contributed by atoms with Crippen molar-refractivity contribution in [1.82, 2.24) is 29.9 Å². The maximum absolute atomic E-state index is 6.04. The average Bonchev–Trinajstić information content (AvgIpc) is 3.09. The predicted octanol–water partition coefficient (Wildman–Crippen LogP) is 1.79. The van der Waals surface area contributed by atoms with Gasteiger partial charge in [0.25, 0.3) is 0 Å². The van der Waals surface area contributed by atoms with Crippen LogP contribution in [0.15, 0.2) is 6.20 Å². The highest BCUT2D eigenvalue weighted by atomic mass is 35.5. The maximum Gasteiger partial charge on any atom is 0.230 e. The Balaban J connectivity index is 1.98. The molecule has 1 aliphatic heterocycles. The van der Waals surface area contributed by atoms with Crippen molar-refractivity contribution in [1.29, 1.82) is 0 Å². The molecule has 20 heavy (non-hydrogen) atoms. The second-order valence-corrected chi connectivity index (χ2v) is 5.10. The van der Waals surface area contributed by atoms with Gasteiger partial charge >= 0.3 is 0 Å². The number of anilines is 1. The first-order valence-electron chi connectivity index (χ1n) is 6.83. The topological polar surface area (TPSA) is 72.6 Å². The molecule has 0 N–H and O–H groups in total. The lowest BCUT2D eigenvalue weighted by Gasteiger charge is -2.15. The van der Waals surface area contributed by atoms with Crippen molar-refractivity contribution < 1.29 is 0 Å². The summed E-state index contributed by atoms with van der Waals surface area (Å²) >= 11 is 6.04. The van der Waals surface area contributed by atoms with Gasteiger partial charge < -0.3 is 4.90 Å². The first-order chi connectivity index (χ1) is 9.78. The number of aromatic nitrogens is 6. The molecule has 2 aromatic heterocycles. The zero-order chi connectivity index (χ0) is 13.9. The molecule has 0 bridgehead atoms. The van der Waals surface area contributed by atoms with E-state index in [9.17, 15) is 0 Å². The monoisotopic (exact) mass is 293 g/mol. The molecule has 0 radical (unpaired) electrons. The van der Waals surface area contributed by atoms with Crippen molar-refractivity contribution in [2.75, 3.05) is 18.0 Å². The van der Waals surface area contributed by atoms with Crippen molar-refractivity contribution in [2.24, 2.45) is 0 Å². The Morgan fingerprint density at radius 2 is 2.00 bits per heavy atom. The molecule has 8 heteroatoms. The van der Waals surface area contributed by atoms with E-state index in [-0.39, 0.29) is 5.28 Å². The summed E-state index contributed by atoms with van der Waals surface area (Å²) in [5.74, 6) is 1.17. The fourth-order valence-electron chi connectivity index (χ4n) is 2.32. The quantitative estimate of drug-likeness (QED) is 0.856. The molecule has 1 fully saturated rings. The van der Waals surface area contributed by atoms with E-state index in [1.807, 2.05) is 0 Å². The Kier molecular flexibility index (Phi) is 3.77. The van der Waals surface area contributed by atoms with Crippen molar-refractivity contribution in [3.05, 3.63) is 11.5 Å². The Morgan fingerprint density at radius 3 is 2.75 bits per heavy atom. The van der Waals surface area contributed by atoms with Crippen molar-refractivity contribution in [2.45, 2.75) is 32.7 Å². The normalized spacial score (nSPS) is 15.0. The Labute approximate surface area is 122 Å². The molecule has 0 unspecified atom stereocenters. The number of hydrogen-bond donors (Lipinski definition) is 0. The van der Waals surface area contributed by atoms with E-state index < -0.39 is 0 Å². The van der Waals surface area contributed by atoms with Gasteiger partial charge in [-0.1, -0.05) is 12.1 Å². The van der Waals surface area contributed by atoms with Crippen LogP contribution in [0.25, 0.3) is 11.5 Å². The predicted molar refractivity (Wildman–Crippen MR) is 75.6 cm³/mol. The summed E-state index contributed by atoms with van der Waals surface area (Å²) in [6.07, 6.45) is 4.95. The molecule has 0 spiro atoms. The second kappa shape index (κ2) is 5.70. The Bertz CT molecular complexity index is 591. The molecule has 7 nitrogen and oxygen atoms in total. The molecule has 1 saturated heterocycles. The van der Waals surface area contributed by atoms with E-state index in [4.69, 9.17) is 11.6 Å². The molecule has 0 aliphatic carbocycles. The molecule has 0 atom stereocenters. The lowest BCUT2D eigenvalue weighted by Crippen LogP contribution is -2.21. The van der Waals surface area contributed by atoms with E-state index in [0.717, 1.165) is 44.6 Å². The summed E-state index contributed by atoms with van der Waals surface area (Å²) in [5, 5.41) is 8.19. The van der Waals surface area contributed by atoms with Crippen LogP contribution in [0.5, 0.6) is 0 Å². The van der Waals surface area contributed by atoms with Gasteiger partial charge in [-0.2, -0.15) is 15.0 Å². The van der Waals surface area contributed by atoms with Crippen LogP contribution < -0.4 is 4.90 Å². The second-order valence-electron chi connectivity index (χ2n) is 4.76. The van der Waals surface area contributed by atoms with Gasteiger partial charge in [0.1, 0.15) is 5.69 Å². The van der Waals surface area contributed by atoms with Gasteiger partial charge in [0, 0.05) is 19.6 Å². The van der Waals surface area contributed by atoms with Crippen molar-refractivity contribution in [3.8, 4) is 11.5 Å². The number of aryl methyl sites for hydroxylation is 1. The van der Waals surface area contributed by atoms with Crippen LogP contribution in [-0.2, 0) is 6.54 Å². The molecule has 0 saturated carbocycles. The van der Waals surface area contributed by atoms with E-state index in [0.29, 0.717) is 11.8 Å². The van der Waals surface area contributed by atoms with Crippen LogP contribution in [0.4, 0.5) is 5.95 Å². The average molecular weight is 294 g/mol. The van der Waals surface area contributed by atoms with E-state index in [1.54, 1.807) is 10.9 Å². The highest BCUT2D eigenvalue weighted by Gasteiger charge is 2.19. The molecule has 3 heterocycles. The highest BCUT2D eigenvalue weighted by molar-refractivity contribution is 6.28. The first kappa shape index (κ1) is 13.2. The summed E-state index contributed by atoms with van der Waals surface area (Å²) < 4.78 is 1.79. The Hall–Kier alpha value is -1.76. The van der Waals surface area contributed by atoms with Crippen LogP contribution >= 0.6 is 11.6 Å². The lowest BCUT2D eigenvalue weighted by molar-refractivity contribution is 0.582. The Morgan fingerprint density at radius 1 is 1.20 bits per heavy atom. The summed E-state index contributed by atoms with van der Waals surface area (Å²) in [7, 11) is 0. The van der Waals surface area contributed by atoms with Gasteiger partial charge in [-0.25, -0.2) is 4.68 Å². The summed E-state index contributed by atoms with van der Waals surface area (Å²) in [5.41, 5.74) is 0.775. The fraction of sp³-hybridized carbons (Fsp3) is 0.583. The zero-order valence-electron chi connectivity index (χ0n) is 11.3. The van der Waals surface area contributed by atoms with Gasteiger partial charge in [-0.05, 0) is 30.9 Å². The molecule has 1 aliphatic rings. The summed E-state index contributed by atoms with van der Waals surface area (Å²) in [6, 6.07) is 0. The molecule has 2 aromatic rings. The maximum atomic E-state index is 6.04. The number of halogens is 1. The first-order valence-corrected chi connectivity index (χ1v) is 7.21. The van der Waals surface area contributed by atoms with Crippen LogP contribution in [0, 0.1) is 0 Å². The van der Waals surface area contributed by atoms with E-state index in [2.05, 4.69) is 37.1 Å². The molecule has 0 amide bonds. The summed E-state index contributed by atoms with van der Waals surface area (Å²) in [6.45, 7) is 4.79. The molecular weight excluding hydrogens is 278 g/mol. The van der Waals surface area contributed by atoms with E-state index >= 15 is 0 Å². The molecule has 106 valence electrons. The number of rotatable bonds is 4. The van der Waals surface area contributed by atoms with Crippen LogP contribution in [0.2, 0.25) is 5.28 Å². The molecular formula is C12H16ClN7. The zero-order valence-corrected chi connectivity index (χ0v) is 12.1. The van der Waals surface area contributed by atoms with Gasteiger partial charge in [0.05, 0.1) is 6.20 Å². The smallest absolute Gasteiger partial charge is 0.230 e. The van der Waals surface area contributed by atoms with Crippen molar-refractivity contribution in [3.63, 3.8) is 0 Å². The van der Waals surface area contributed by atoms with Gasteiger partial charge in [-0.15, -0.1) is 5.10 Å².